The highest BCUT2D eigenvalue weighted by Crippen LogP contribution is 2.33. The molecule has 0 heterocycles. The molecule has 0 saturated carbocycles. The van der Waals surface area contributed by atoms with Crippen LogP contribution in [0, 0.1) is 12.7 Å². The molecule has 3 aromatic rings. The summed E-state index contributed by atoms with van der Waals surface area (Å²) in [6.45, 7) is 2.00. The summed E-state index contributed by atoms with van der Waals surface area (Å²) in [6, 6.07) is 15.9. The van der Waals surface area contributed by atoms with Crippen molar-refractivity contribution in [2.24, 2.45) is 0 Å². The molecule has 104 valence electrons. The third kappa shape index (κ3) is 2.17. The van der Waals surface area contributed by atoms with Gasteiger partial charge >= 0.3 is 5.97 Å². The van der Waals surface area contributed by atoms with Crippen LogP contribution in [0.4, 0.5) is 4.39 Å². The Balaban J connectivity index is 2.34. The number of hydrogen-bond acceptors (Lipinski definition) is 1. The van der Waals surface area contributed by atoms with Crippen molar-refractivity contribution in [1.29, 1.82) is 0 Å². The summed E-state index contributed by atoms with van der Waals surface area (Å²) in [5.74, 6) is -1.95. The lowest BCUT2D eigenvalue weighted by atomic mass is 9.94. The molecular weight excluding hydrogens is 267 g/mol. The van der Waals surface area contributed by atoms with Crippen molar-refractivity contribution in [3.63, 3.8) is 0 Å². The third-order valence-electron chi connectivity index (χ3n) is 3.66. The van der Waals surface area contributed by atoms with E-state index in [1.807, 2.05) is 43.3 Å². The average molecular weight is 280 g/mol. The molecular formula is C18H13FO2. The van der Waals surface area contributed by atoms with Gasteiger partial charge in [-0.15, -0.1) is 0 Å². The third-order valence-corrected chi connectivity index (χ3v) is 3.66. The second-order valence-corrected chi connectivity index (χ2v) is 4.95. The van der Waals surface area contributed by atoms with E-state index in [0.717, 1.165) is 16.3 Å². The number of aryl methyl sites for hydroxylation is 1. The SMILES string of the molecule is Cc1ccc(-c2cccc(C(=O)O)c2F)c2ccccc12. The lowest BCUT2D eigenvalue weighted by molar-refractivity contribution is 0.0692. The summed E-state index contributed by atoms with van der Waals surface area (Å²) < 4.78 is 14.5. The van der Waals surface area contributed by atoms with Gasteiger partial charge in [-0.2, -0.15) is 0 Å². The fourth-order valence-corrected chi connectivity index (χ4v) is 2.59. The van der Waals surface area contributed by atoms with Crippen molar-refractivity contribution in [1.82, 2.24) is 0 Å². The monoisotopic (exact) mass is 280 g/mol. The molecule has 0 aliphatic heterocycles. The minimum Gasteiger partial charge on any atom is -0.478 e. The van der Waals surface area contributed by atoms with Gasteiger partial charge in [0.25, 0.3) is 0 Å². The van der Waals surface area contributed by atoms with Crippen LogP contribution in [0.15, 0.2) is 54.6 Å². The van der Waals surface area contributed by atoms with Gasteiger partial charge in [-0.25, -0.2) is 9.18 Å². The van der Waals surface area contributed by atoms with Crippen molar-refractivity contribution in [2.45, 2.75) is 6.92 Å². The van der Waals surface area contributed by atoms with Crippen molar-refractivity contribution < 1.29 is 14.3 Å². The molecule has 0 bridgehead atoms. The van der Waals surface area contributed by atoms with Gasteiger partial charge < -0.3 is 5.11 Å². The van der Waals surface area contributed by atoms with Crippen LogP contribution < -0.4 is 0 Å². The minimum absolute atomic E-state index is 0.308. The summed E-state index contributed by atoms with van der Waals surface area (Å²) in [5, 5.41) is 11.0. The number of aromatic carboxylic acids is 1. The molecule has 0 amide bonds. The highest BCUT2D eigenvalue weighted by atomic mass is 19.1. The fourth-order valence-electron chi connectivity index (χ4n) is 2.59. The van der Waals surface area contributed by atoms with E-state index < -0.39 is 11.8 Å². The standard InChI is InChI=1S/C18H13FO2/c1-11-9-10-14(13-6-3-2-5-12(11)13)15-7-4-8-16(17(15)19)18(20)21/h2-10H,1H3,(H,20,21). The molecule has 0 aliphatic carbocycles. The molecule has 21 heavy (non-hydrogen) atoms. The zero-order valence-electron chi connectivity index (χ0n) is 11.4. The summed E-state index contributed by atoms with van der Waals surface area (Å²) in [4.78, 5) is 11.1. The van der Waals surface area contributed by atoms with Gasteiger partial charge in [0.2, 0.25) is 0 Å². The Kier molecular flexibility index (Phi) is 3.18. The molecule has 0 spiro atoms. The summed E-state index contributed by atoms with van der Waals surface area (Å²) in [7, 11) is 0. The maximum absolute atomic E-state index is 14.5. The number of carboxylic acid groups (broad SMARTS) is 1. The topological polar surface area (TPSA) is 37.3 Å². The second-order valence-electron chi connectivity index (χ2n) is 4.95. The number of carboxylic acids is 1. The first-order valence-corrected chi connectivity index (χ1v) is 6.60. The molecule has 0 unspecified atom stereocenters. The van der Waals surface area contributed by atoms with E-state index in [-0.39, 0.29) is 5.56 Å². The highest BCUT2D eigenvalue weighted by molar-refractivity contribution is 5.99. The normalized spacial score (nSPS) is 10.8. The van der Waals surface area contributed by atoms with Gasteiger partial charge in [-0.1, -0.05) is 48.5 Å². The zero-order chi connectivity index (χ0) is 15.0. The Morgan fingerprint density at radius 1 is 0.905 bits per heavy atom. The van der Waals surface area contributed by atoms with E-state index in [1.54, 1.807) is 12.1 Å². The number of benzene rings is 3. The molecule has 0 atom stereocenters. The molecule has 0 fully saturated rings. The molecule has 0 saturated heterocycles. The molecule has 3 aromatic carbocycles. The first-order chi connectivity index (χ1) is 10.1. The largest absolute Gasteiger partial charge is 0.478 e. The maximum atomic E-state index is 14.5. The molecule has 0 aliphatic rings. The van der Waals surface area contributed by atoms with Crippen LogP contribution in [0.2, 0.25) is 0 Å². The van der Waals surface area contributed by atoms with Crippen LogP contribution in [0.1, 0.15) is 15.9 Å². The van der Waals surface area contributed by atoms with Gasteiger partial charge in [0.15, 0.2) is 0 Å². The zero-order valence-corrected chi connectivity index (χ0v) is 11.4. The Hall–Kier alpha value is -2.68. The summed E-state index contributed by atoms with van der Waals surface area (Å²) in [6.07, 6.45) is 0. The number of rotatable bonds is 2. The van der Waals surface area contributed by atoms with E-state index in [0.29, 0.717) is 11.1 Å². The summed E-state index contributed by atoms with van der Waals surface area (Å²) >= 11 is 0. The summed E-state index contributed by atoms with van der Waals surface area (Å²) in [5.41, 5.74) is 1.81. The number of halogens is 1. The molecule has 3 heteroatoms. The van der Waals surface area contributed by atoms with Gasteiger partial charge in [-0.3, -0.25) is 0 Å². The molecule has 3 rings (SSSR count). The van der Waals surface area contributed by atoms with E-state index in [9.17, 15) is 9.18 Å². The van der Waals surface area contributed by atoms with Crippen LogP contribution in [-0.2, 0) is 0 Å². The minimum atomic E-state index is -1.26. The predicted octanol–water partition coefficient (Wildman–Crippen LogP) is 4.65. The lowest BCUT2D eigenvalue weighted by Crippen LogP contribution is -2.01. The van der Waals surface area contributed by atoms with Gasteiger partial charge in [-0.05, 0) is 34.9 Å². The number of fused-ring (bicyclic) bond motifs is 1. The van der Waals surface area contributed by atoms with Gasteiger partial charge in [0, 0.05) is 5.56 Å². The second kappa shape index (κ2) is 5.02. The first-order valence-electron chi connectivity index (χ1n) is 6.60. The quantitative estimate of drug-likeness (QED) is 0.741. The Morgan fingerprint density at radius 3 is 2.33 bits per heavy atom. The van der Waals surface area contributed by atoms with Crippen molar-refractivity contribution in [3.05, 3.63) is 71.5 Å². The highest BCUT2D eigenvalue weighted by Gasteiger charge is 2.16. The fraction of sp³-hybridized carbons (Fsp3) is 0.0556. The Bertz CT molecular complexity index is 853. The van der Waals surface area contributed by atoms with Crippen LogP contribution >= 0.6 is 0 Å². The van der Waals surface area contributed by atoms with Crippen molar-refractivity contribution >= 4 is 16.7 Å². The number of carbonyl (C=O) groups is 1. The smallest absolute Gasteiger partial charge is 0.338 e. The Morgan fingerprint density at radius 2 is 1.62 bits per heavy atom. The number of hydrogen-bond donors (Lipinski definition) is 1. The molecule has 2 nitrogen and oxygen atoms in total. The van der Waals surface area contributed by atoms with Gasteiger partial charge in [0.1, 0.15) is 5.82 Å². The van der Waals surface area contributed by atoms with Crippen molar-refractivity contribution in [3.8, 4) is 11.1 Å². The molecule has 1 N–H and O–H groups in total. The lowest BCUT2D eigenvalue weighted by Gasteiger charge is -2.11. The van der Waals surface area contributed by atoms with Crippen LogP contribution in [0.3, 0.4) is 0 Å². The van der Waals surface area contributed by atoms with Crippen LogP contribution in [-0.4, -0.2) is 11.1 Å². The maximum Gasteiger partial charge on any atom is 0.338 e. The van der Waals surface area contributed by atoms with E-state index in [2.05, 4.69) is 0 Å². The molecule has 0 aromatic heterocycles. The first kappa shape index (κ1) is 13.3. The van der Waals surface area contributed by atoms with Gasteiger partial charge in [0.05, 0.1) is 5.56 Å². The molecule has 0 radical (unpaired) electrons. The van der Waals surface area contributed by atoms with E-state index in [4.69, 9.17) is 5.11 Å². The van der Waals surface area contributed by atoms with Crippen molar-refractivity contribution in [2.75, 3.05) is 0 Å². The Labute approximate surface area is 121 Å². The predicted molar refractivity (Wildman–Crippen MR) is 81.0 cm³/mol. The van der Waals surface area contributed by atoms with E-state index >= 15 is 0 Å². The average Bonchev–Trinajstić information content (AvgIpc) is 2.48. The van der Waals surface area contributed by atoms with E-state index in [1.165, 1.54) is 6.07 Å². The van der Waals surface area contributed by atoms with Crippen LogP contribution in [0.5, 0.6) is 0 Å². The van der Waals surface area contributed by atoms with Crippen LogP contribution in [0.25, 0.3) is 21.9 Å².